The summed E-state index contributed by atoms with van der Waals surface area (Å²) < 4.78 is 0.296. The predicted molar refractivity (Wildman–Crippen MR) is 180 cm³/mol. The molecule has 41 heavy (non-hydrogen) atoms. The molecule has 1 amide bonds. The molecule has 0 radical (unpaired) electrons. The maximum absolute atomic E-state index is 12.7. The Bertz CT molecular complexity index is 1090. The number of hydrogen-bond acceptors (Lipinski definition) is 6. The van der Waals surface area contributed by atoms with E-state index < -0.39 is 12.5 Å². The zero-order valence-electron chi connectivity index (χ0n) is 25.0. The van der Waals surface area contributed by atoms with Crippen molar-refractivity contribution in [3.05, 3.63) is 45.8 Å². The highest BCUT2D eigenvalue weighted by molar-refractivity contribution is 8.26. The minimum absolute atomic E-state index is 0.296. The number of benzene rings is 1. The number of fused-ring (bicyclic) bond motifs is 1. The second-order valence-corrected chi connectivity index (χ2v) is 14.0. The molecule has 1 fully saturated rings. The van der Waals surface area contributed by atoms with E-state index in [2.05, 4.69) is 36.9 Å². The summed E-state index contributed by atoms with van der Waals surface area (Å²) >= 11 is 8.13. The highest BCUT2D eigenvalue weighted by atomic mass is 32.2. The lowest BCUT2D eigenvalue weighted by Gasteiger charge is -2.20. The van der Waals surface area contributed by atoms with Gasteiger partial charge in [-0.25, -0.2) is 0 Å². The van der Waals surface area contributed by atoms with Gasteiger partial charge in [0.2, 0.25) is 0 Å². The number of aliphatic carboxylic acids is 1. The van der Waals surface area contributed by atoms with Crippen molar-refractivity contribution in [2.75, 3.05) is 18.0 Å². The van der Waals surface area contributed by atoms with Gasteiger partial charge in [0.1, 0.15) is 10.9 Å². The van der Waals surface area contributed by atoms with Crippen molar-refractivity contribution in [3.8, 4) is 0 Å². The molecule has 0 spiro atoms. The number of hydrogen-bond donors (Lipinski definition) is 1. The summed E-state index contributed by atoms with van der Waals surface area (Å²) in [6.45, 7) is 4.93. The molecule has 0 atom stereocenters. The zero-order chi connectivity index (χ0) is 29.5. The predicted octanol–water partition coefficient (Wildman–Crippen LogP) is 9.84. The Hall–Kier alpha value is -1.77. The zero-order valence-corrected chi connectivity index (χ0v) is 27.4. The van der Waals surface area contributed by atoms with Crippen LogP contribution in [0.3, 0.4) is 0 Å². The third kappa shape index (κ3) is 11.4. The Morgan fingerprint density at radius 2 is 1.39 bits per heavy atom. The number of carbonyl (C=O) groups excluding carboxylic acids is 1. The molecule has 0 bridgehead atoms. The number of amides is 1. The molecule has 3 rings (SSSR count). The van der Waals surface area contributed by atoms with Crippen LogP contribution in [0.1, 0.15) is 115 Å². The van der Waals surface area contributed by atoms with E-state index in [4.69, 9.17) is 17.3 Å². The molecule has 1 aromatic carbocycles. The molecule has 0 aliphatic carbocycles. The quantitative estimate of drug-likeness (QED) is 0.0889. The van der Waals surface area contributed by atoms with E-state index in [9.17, 15) is 9.59 Å². The first-order valence-corrected chi connectivity index (χ1v) is 17.7. The van der Waals surface area contributed by atoms with E-state index in [-0.39, 0.29) is 5.91 Å². The summed E-state index contributed by atoms with van der Waals surface area (Å²) in [6.07, 6.45) is 25.5. The van der Waals surface area contributed by atoms with E-state index in [0.717, 1.165) is 22.9 Å². The van der Waals surface area contributed by atoms with Crippen molar-refractivity contribution in [2.24, 2.45) is 0 Å². The summed E-state index contributed by atoms with van der Waals surface area (Å²) in [6, 6.07) is 6.56. The monoisotopic (exact) mass is 616 g/mol. The van der Waals surface area contributed by atoms with Crippen LogP contribution in [0.4, 0.5) is 5.69 Å². The number of nitrogens with zero attached hydrogens (tertiary/aromatic N) is 2. The van der Waals surface area contributed by atoms with E-state index in [1.165, 1.54) is 124 Å². The molecule has 8 heteroatoms. The fraction of sp³-hybridized carbons (Fsp3) is 0.606. The van der Waals surface area contributed by atoms with Crippen LogP contribution >= 0.6 is 35.7 Å². The Morgan fingerprint density at radius 3 is 1.95 bits per heavy atom. The van der Waals surface area contributed by atoms with Crippen LogP contribution in [-0.4, -0.2) is 39.3 Å². The largest absolute Gasteiger partial charge is 0.480 e. The van der Waals surface area contributed by atoms with E-state index in [0.29, 0.717) is 9.23 Å². The molecular formula is C33H48N2O3S3. The number of anilines is 1. The van der Waals surface area contributed by atoms with Crippen LogP contribution in [0.2, 0.25) is 0 Å². The topological polar surface area (TPSA) is 60.9 Å². The number of carbonyl (C=O) groups is 2. The lowest BCUT2D eigenvalue weighted by atomic mass is 10.0. The molecule has 0 aromatic heterocycles. The first-order valence-electron chi connectivity index (χ1n) is 15.6. The second kappa shape index (κ2) is 18.7. The maximum atomic E-state index is 12.7. The Balaban J connectivity index is 1.38. The number of aryl methyl sites for hydroxylation is 1. The van der Waals surface area contributed by atoms with Crippen molar-refractivity contribution < 1.29 is 14.7 Å². The Kier molecular flexibility index (Phi) is 15.4. The molecule has 0 saturated carbocycles. The number of rotatable bonds is 20. The van der Waals surface area contributed by atoms with Gasteiger partial charge in [0.25, 0.3) is 5.91 Å². The summed E-state index contributed by atoms with van der Waals surface area (Å²) in [7, 11) is 0. The summed E-state index contributed by atoms with van der Waals surface area (Å²) in [5.41, 5.74) is 2.45. The van der Waals surface area contributed by atoms with Gasteiger partial charge < -0.3 is 10.0 Å². The lowest BCUT2D eigenvalue weighted by molar-refractivity contribution is -0.140. The minimum atomic E-state index is -1.07. The van der Waals surface area contributed by atoms with E-state index >= 15 is 0 Å². The van der Waals surface area contributed by atoms with Crippen LogP contribution in [0, 0.1) is 6.92 Å². The molecule has 2 aliphatic heterocycles. The molecule has 1 N–H and O–H groups in total. The Labute approximate surface area is 261 Å². The number of carboxylic acids is 1. The van der Waals surface area contributed by atoms with Crippen molar-refractivity contribution in [3.63, 3.8) is 0 Å². The normalized spacial score (nSPS) is 16.9. The van der Waals surface area contributed by atoms with Gasteiger partial charge in [-0.1, -0.05) is 145 Å². The van der Waals surface area contributed by atoms with Gasteiger partial charge in [-0.2, -0.15) is 0 Å². The van der Waals surface area contributed by atoms with Crippen molar-refractivity contribution in [1.29, 1.82) is 0 Å². The van der Waals surface area contributed by atoms with Gasteiger partial charge >= 0.3 is 5.97 Å². The SMILES string of the molecule is CCCCCCCCCCCCCCCCCCN1/C(=C\C=C2\SC(=S)N(CC(=O)O)C2=O)Sc2cc(C)ccc21. The fourth-order valence-electron chi connectivity index (χ4n) is 5.32. The number of thiocarbonyl (C=S) groups is 1. The number of carboxylic acid groups (broad SMARTS) is 1. The average Bonchev–Trinajstić information content (AvgIpc) is 3.41. The highest BCUT2D eigenvalue weighted by Crippen LogP contribution is 2.46. The molecule has 2 aliphatic rings. The minimum Gasteiger partial charge on any atom is -0.480 e. The van der Waals surface area contributed by atoms with Crippen molar-refractivity contribution in [1.82, 2.24) is 4.90 Å². The van der Waals surface area contributed by atoms with Crippen molar-refractivity contribution in [2.45, 2.75) is 121 Å². The van der Waals surface area contributed by atoms with Gasteiger partial charge in [0, 0.05) is 11.4 Å². The first-order chi connectivity index (χ1) is 19.9. The van der Waals surface area contributed by atoms with Crippen LogP contribution in [0.25, 0.3) is 0 Å². The molecule has 1 aromatic rings. The first kappa shape index (κ1) is 33.7. The number of thioether (sulfide) groups is 2. The van der Waals surface area contributed by atoms with E-state index in [1.54, 1.807) is 17.8 Å². The molecular weight excluding hydrogens is 569 g/mol. The summed E-state index contributed by atoms with van der Waals surface area (Å²) in [4.78, 5) is 29.0. The van der Waals surface area contributed by atoms with Crippen molar-refractivity contribution >= 4 is 57.6 Å². The number of unbranched alkanes of at least 4 members (excludes halogenated alkanes) is 15. The Morgan fingerprint density at radius 1 is 0.829 bits per heavy atom. The smallest absolute Gasteiger partial charge is 0.323 e. The van der Waals surface area contributed by atoms with Crippen LogP contribution < -0.4 is 4.90 Å². The fourth-order valence-corrected chi connectivity index (χ4v) is 7.70. The van der Waals surface area contributed by atoms with E-state index in [1.807, 2.05) is 6.08 Å². The summed E-state index contributed by atoms with van der Waals surface area (Å²) in [5, 5.41) is 10.2. The van der Waals surface area contributed by atoms with Gasteiger partial charge in [-0.05, 0) is 43.2 Å². The van der Waals surface area contributed by atoms with Crippen LogP contribution in [0.5, 0.6) is 0 Å². The van der Waals surface area contributed by atoms with Gasteiger partial charge in [0.05, 0.1) is 15.6 Å². The maximum Gasteiger partial charge on any atom is 0.323 e. The van der Waals surface area contributed by atoms with Crippen LogP contribution in [-0.2, 0) is 9.59 Å². The third-order valence-corrected chi connectivity index (χ3v) is 10.2. The molecule has 2 heterocycles. The standard InChI is InChI=1S/C33H48N2O3S3/c1-3-4-5-6-7-8-9-10-11-12-13-14-15-16-17-18-23-34-27-20-19-26(2)24-29(27)40-30(34)22-21-28-32(38)35(25-31(36)37)33(39)41-28/h19-22,24H,3-18,23,25H2,1-2H3,(H,36,37)/b28-21+,30-22+. The van der Waals surface area contributed by atoms with Crippen LogP contribution in [0.15, 0.2) is 45.2 Å². The summed E-state index contributed by atoms with van der Waals surface area (Å²) in [5.74, 6) is -1.40. The van der Waals surface area contributed by atoms with Gasteiger partial charge in [-0.3, -0.25) is 14.5 Å². The molecule has 1 saturated heterocycles. The second-order valence-electron chi connectivity index (χ2n) is 11.2. The lowest BCUT2D eigenvalue weighted by Crippen LogP contribution is -2.33. The molecule has 5 nitrogen and oxygen atoms in total. The average molecular weight is 617 g/mol. The molecule has 226 valence electrons. The molecule has 0 unspecified atom stereocenters. The van der Waals surface area contributed by atoms with Gasteiger partial charge in [-0.15, -0.1) is 0 Å². The third-order valence-electron chi connectivity index (χ3n) is 7.67. The highest BCUT2D eigenvalue weighted by Gasteiger charge is 2.33. The number of allylic oxidation sites excluding steroid dienone is 2. The van der Waals surface area contributed by atoms with Gasteiger partial charge in [0.15, 0.2) is 0 Å².